The number of aromatic nitrogens is 2. The van der Waals surface area contributed by atoms with Gasteiger partial charge in [0.15, 0.2) is 0 Å². The highest BCUT2D eigenvalue weighted by Gasteiger charge is 2.42. The van der Waals surface area contributed by atoms with Gasteiger partial charge in [0, 0.05) is 12.3 Å². The van der Waals surface area contributed by atoms with Gasteiger partial charge in [-0.05, 0) is 43.0 Å². The monoisotopic (exact) mass is 491 g/mol. The minimum absolute atomic E-state index is 0.0363. The predicted octanol–water partition coefficient (Wildman–Crippen LogP) is 3.36. The van der Waals surface area contributed by atoms with Crippen LogP contribution in [0.3, 0.4) is 0 Å². The first kappa shape index (κ1) is 23.7. The third kappa shape index (κ3) is 4.37. The van der Waals surface area contributed by atoms with Crippen molar-refractivity contribution in [2.75, 3.05) is 11.9 Å². The number of aliphatic hydroxyl groups excluding tert-OH is 1. The molecule has 186 valence electrons. The van der Waals surface area contributed by atoms with E-state index in [0.717, 1.165) is 5.56 Å². The van der Waals surface area contributed by atoms with Crippen LogP contribution in [0.4, 0.5) is 23.4 Å². The Morgan fingerprint density at radius 1 is 1.23 bits per heavy atom. The van der Waals surface area contributed by atoms with Crippen molar-refractivity contribution in [2.45, 2.75) is 63.5 Å². The second kappa shape index (κ2) is 9.18. The number of amides is 1. The van der Waals surface area contributed by atoms with E-state index in [1.165, 1.54) is 23.4 Å². The van der Waals surface area contributed by atoms with Crippen LogP contribution in [0.5, 0.6) is 0 Å². The van der Waals surface area contributed by atoms with Gasteiger partial charge in [-0.15, -0.1) is 0 Å². The Labute approximate surface area is 199 Å². The number of halogens is 4. The van der Waals surface area contributed by atoms with Gasteiger partial charge >= 0.3 is 0 Å². The summed E-state index contributed by atoms with van der Waals surface area (Å²) in [7, 11) is 0. The molecule has 1 amide bonds. The average Bonchev–Trinajstić information content (AvgIpc) is 3.52. The lowest BCUT2D eigenvalue weighted by Gasteiger charge is -2.26. The molecule has 2 fully saturated rings. The summed E-state index contributed by atoms with van der Waals surface area (Å²) in [4.78, 5) is 27.7. The number of carbonyl (C=O) groups excluding carboxylic acids is 1. The molecule has 0 radical (unpaired) electrons. The first-order valence-corrected chi connectivity index (χ1v) is 11.6. The fourth-order valence-electron chi connectivity index (χ4n) is 5.31. The molecule has 1 aromatic heterocycles. The summed E-state index contributed by atoms with van der Waals surface area (Å²) in [5.41, 5.74) is 2.10. The zero-order valence-electron chi connectivity index (χ0n) is 19.0. The molecule has 1 saturated carbocycles. The Morgan fingerprint density at radius 2 is 2.03 bits per heavy atom. The van der Waals surface area contributed by atoms with Crippen LogP contribution in [0, 0.1) is 18.7 Å². The first-order chi connectivity index (χ1) is 16.7. The van der Waals surface area contributed by atoms with Crippen LogP contribution in [0.15, 0.2) is 29.5 Å². The number of hydrogen-bond donors (Lipinski definition) is 2. The number of nitrogens with one attached hydrogen (secondary N) is 1. The van der Waals surface area contributed by atoms with Gasteiger partial charge in [-0.3, -0.25) is 9.79 Å². The zero-order chi connectivity index (χ0) is 24.9. The molecule has 0 unspecified atom stereocenters. The van der Waals surface area contributed by atoms with Crippen molar-refractivity contribution in [2.24, 2.45) is 10.9 Å². The molecule has 2 N–H and O–H groups in total. The van der Waals surface area contributed by atoms with E-state index in [9.17, 15) is 27.5 Å². The van der Waals surface area contributed by atoms with E-state index in [0.29, 0.717) is 16.8 Å². The van der Waals surface area contributed by atoms with E-state index in [4.69, 9.17) is 0 Å². The van der Waals surface area contributed by atoms with Gasteiger partial charge in [0.05, 0.1) is 42.5 Å². The minimum atomic E-state index is -2.54. The average molecular weight is 491 g/mol. The van der Waals surface area contributed by atoms with Crippen LogP contribution in [0.25, 0.3) is 0 Å². The van der Waals surface area contributed by atoms with Crippen molar-refractivity contribution in [3.8, 4) is 0 Å². The summed E-state index contributed by atoms with van der Waals surface area (Å²) in [6.45, 7) is 1.72. The van der Waals surface area contributed by atoms with Gasteiger partial charge in [0.25, 0.3) is 5.91 Å². The maximum absolute atomic E-state index is 14.5. The summed E-state index contributed by atoms with van der Waals surface area (Å²) in [6.07, 6.45) is -3.49. The fourth-order valence-corrected chi connectivity index (χ4v) is 5.31. The van der Waals surface area contributed by atoms with E-state index in [1.54, 1.807) is 13.0 Å². The van der Waals surface area contributed by atoms with E-state index in [1.807, 2.05) is 0 Å². The van der Waals surface area contributed by atoms with E-state index < -0.39 is 48.4 Å². The van der Waals surface area contributed by atoms with E-state index >= 15 is 0 Å². The number of fused-ring (bicyclic) bond motifs is 1. The minimum Gasteiger partial charge on any atom is -0.391 e. The van der Waals surface area contributed by atoms with Gasteiger partial charge in [-0.1, -0.05) is 6.07 Å². The molecular weight excluding hydrogens is 466 g/mol. The Kier molecular flexibility index (Phi) is 6.20. The predicted molar refractivity (Wildman–Crippen MR) is 120 cm³/mol. The third-order valence-corrected chi connectivity index (χ3v) is 7.11. The van der Waals surface area contributed by atoms with Crippen molar-refractivity contribution in [3.05, 3.63) is 52.7 Å². The number of anilines is 1. The number of hydrogen-bond acceptors (Lipinski definition) is 6. The summed E-state index contributed by atoms with van der Waals surface area (Å²) < 4.78 is 54.8. The van der Waals surface area contributed by atoms with Gasteiger partial charge in [0.1, 0.15) is 29.8 Å². The molecule has 7 nitrogen and oxygen atoms in total. The van der Waals surface area contributed by atoms with Crippen molar-refractivity contribution >= 4 is 17.4 Å². The number of alkyl halides is 3. The lowest BCUT2D eigenvalue weighted by molar-refractivity contribution is -0.125. The molecule has 11 heteroatoms. The number of likely N-dealkylation sites (tertiary alicyclic amines) is 1. The standard InChI is InChI=1S/C24H25F4N5O2/c1-11-2-3-13(25)6-15(11)18-7-14(26)9-33(18)24(35)21-20-17(8-29-21)30-10-31-23(20)32-16-4-12(22(27)28)5-19(16)34/h2-3,6,10,12,14,16,18-19,22,34H,4-5,7-9H2,1H3,(H,30,31,32)/t12-,14+,16-,18-,19-/m1/s1. The molecule has 35 heavy (non-hydrogen) atoms. The number of carbonyl (C=O) groups is 1. The maximum Gasteiger partial charge on any atom is 0.273 e. The number of benzene rings is 1. The first-order valence-electron chi connectivity index (χ1n) is 11.6. The number of aliphatic hydroxyl groups is 1. The van der Waals surface area contributed by atoms with Crippen molar-refractivity contribution < 1.29 is 27.5 Å². The smallest absolute Gasteiger partial charge is 0.273 e. The summed E-state index contributed by atoms with van der Waals surface area (Å²) >= 11 is 0. The summed E-state index contributed by atoms with van der Waals surface area (Å²) in [6, 6.07) is 2.89. The molecule has 3 aliphatic rings. The molecule has 1 saturated heterocycles. The van der Waals surface area contributed by atoms with Gasteiger partial charge in [-0.2, -0.15) is 0 Å². The summed E-state index contributed by atoms with van der Waals surface area (Å²) in [5.74, 6) is -1.73. The number of aryl methyl sites for hydroxylation is 1. The van der Waals surface area contributed by atoms with E-state index in [-0.39, 0.29) is 43.9 Å². The Hall–Kier alpha value is -3.08. The molecule has 5 atom stereocenters. The highest BCUT2D eigenvalue weighted by molar-refractivity contribution is 6.47. The molecule has 2 aromatic rings. The van der Waals surface area contributed by atoms with Crippen LogP contribution in [-0.2, 0) is 11.3 Å². The number of aliphatic imine (C=N–C) groups is 1. The van der Waals surface area contributed by atoms with Gasteiger partial charge in [-0.25, -0.2) is 27.5 Å². The second-order valence-corrected chi connectivity index (χ2v) is 9.40. The molecule has 0 spiro atoms. The van der Waals surface area contributed by atoms with Crippen LogP contribution in [-0.4, -0.2) is 62.9 Å². The maximum atomic E-state index is 14.5. The SMILES string of the molecule is Cc1ccc(F)cc1[C@H]1C[C@H](F)CN1C(=O)C1=NCc2ncnc(N[C@@H]3C[C@@H](C(F)F)C[C@H]3O)c21. The normalized spacial score (nSPS) is 27.9. The van der Waals surface area contributed by atoms with Crippen LogP contribution in [0.1, 0.15) is 47.7 Å². The molecule has 5 rings (SSSR count). The Balaban J connectivity index is 1.43. The molecule has 3 heterocycles. The van der Waals surface area contributed by atoms with Crippen molar-refractivity contribution in [3.63, 3.8) is 0 Å². The van der Waals surface area contributed by atoms with E-state index in [2.05, 4.69) is 20.3 Å². The molecule has 2 aliphatic heterocycles. The Bertz CT molecular complexity index is 1180. The lowest BCUT2D eigenvalue weighted by Crippen LogP contribution is -2.38. The van der Waals surface area contributed by atoms with Gasteiger partial charge < -0.3 is 15.3 Å². The quantitative estimate of drug-likeness (QED) is 0.626. The second-order valence-electron chi connectivity index (χ2n) is 9.40. The molecular formula is C24H25F4N5O2. The number of rotatable bonds is 5. The lowest BCUT2D eigenvalue weighted by atomic mass is 9.98. The molecule has 1 aromatic carbocycles. The fraction of sp³-hybridized carbons (Fsp3) is 0.500. The topological polar surface area (TPSA) is 90.7 Å². The molecule has 0 bridgehead atoms. The highest BCUT2D eigenvalue weighted by atomic mass is 19.3. The van der Waals surface area contributed by atoms with Crippen LogP contribution in [0.2, 0.25) is 0 Å². The summed E-state index contributed by atoms with van der Waals surface area (Å²) in [5, 5.41) is 13.3. The van der Waals surface area contributed by atoms with Gasteiger partial charge in [0.2, 0.25) is 6.43 Å². The van der Waals surface area contributed by atoms with Crippen molar-refractivity contribution in [1.29, 1.82) is 0 Å². The number of nitrogens with zero attached hydrogens (tertiary/aromatic N) is 4. The zero-order valence-corrected chi connectivity index (χ0v) is 19.0. The van der Waals surface area contributed by atoms with Crippen molar-refractivity contribution in [1.82, 2.24) is 14.9 Å². The Morgan fingerprint density at radius 3 is 2.77 bits per heavy atom. The van der Waals surface area contributed by atoms with Crippen LogP contribution >= 0.6 is 0 Å². The van der Waals surface area contributed by atoms with Crippen LogP contribution < -0.4 is 5.32 Å². The highest BCUT2D eigenvalue weighted by Crippen LogP contribution is 2.38. The largest absolute Gasteiger partial charge is 0.391 e. The third-order valence-electron chi connectivity index (χ3n) is 7.11. The molecule has 1 aliphatic carbocycles.